The Kier molecular flexibility index (Phi) is 17.3. The number of phosphoric acid groups is 3. The molecule has 1 fully saturated rings. The number of carbonyl (C=O) groups is 3. The maximum atomic E-state index is 12.7. The van der Waals surface area contributed by atoms with Gasteiger partial charge in [-0.3, -0.25) is 32.5 Å². The zero-order valence-electron chi connectivity index (χ0n) is 30.9. The fraction of sp³-hybridized carbons (Fsp3) is 0.655. The highest BCUT2D eigenvalue weighted by Crippen LogP contribution is 2.61. The second kappa shape index (κ2) is 20.4. The molecular weight excluding hydrogens is 843 g/mol. The van der Waals surface area contributed by atoms with Gasteiger partial charge in [0.2, 0.25) is 11.8 Å². The number of fused-ring (bicyclic) bond motifs is 1. The van der Waals surface area contributed by atoms with Crippen molar-refractivity contribution in [1.82, 2.24) is 30.2 Å². The molecule has 2 aromatic heterocycles. The van der Waals surface area contributed by atoms with Gasteiger partial charge in [0.15, 0.2) is 22.3 Å². The number of aliphatic hydroxyl groups excluding tert-OH is 2. The summed E-state index contributed by atoms with van der Waals surface area (Å²) in [4.78, 5) is 87.8. The van der Waals surface area contributed by atoms with Gasteiger partial charge in [-0.1, -0.05) is 25.6 Å². The van der Waals surface area contributed by atoms with Crippen LogP contribution in [0.25, 0.3) is 11.2 Å². The van der Waals surface area contributed by atoms with E-state index < -0.39 is 84.1 Å². The van der Waals surface area contributed by atoms with E-state index in [0.717, 1.165) is 35.4 Å². The van der Waals surface area contributed by atoms with E-state index in [1.807, 2.05) is 0 Å². The number of amides is 2. The first-order valence-electron chi connectivity index (χ1n) is 16.9. The molecule has 10 N–H and O–H groups in total. The minimum Gasteiger partial charge on any atom is -0.385 e. The maximum Gasteiger partial charge on any atom is 0.481 e. The van der Waals surface area contributed by atoms with Crippen LogP contribution in [0.5, 0.6) is 0 Å². The van der Waals surface area contributed by atoms with E-state index in [2.05, 4.69) is 35.8 Å². The maximum absolute atomic E-state index is 12.7. The zero-order chi connectivity index (χ0) is 42.8. The van der Waals surface area contributed by atoms with Crippen LogP contribution in [0.15, 0.2) is 12.7 Å². The molecule has 57 heavy (non-hydrogen) atoms. The average molecular weight is 890 g/mol. The van der Waals surface area contributed by atoms with Crippen LogP contribution in [-0.4, -0.2) is 123 Å². The first-order valence-corrected chi connectivity index (χ1v) is 22.4. The van der Waals surface area contributed by atoms with Crippen molar-refractivity contribution in [3.8, 4) is 12.3 Å². The van der Waals surface area contributed by atoms with Gasteiger partial charge in [-0.15, -0.1) is 12.3 Å². The summed E-state index contributed by atoms with van der Waals surface area (Å²) in [6.45, 7) is 1.70. The number of nitrogens with one attached hydrogen (secondary N) is 2. The van der Waals surface area contributed by atoms with E-state index in [0.29, 0.717) is 25.0 Å². The van der Waals surface area contributed by atoms with E-state index in [9.17, 15) is 57.9 Å². The second-order valence-corrected chi connectivity index (χ2v) is 18.7. The van der Waals surface area contributed by atoms with Crippen molar-refractivity contribution in [3.63, 3.8) is 0 Å². The van der Waals surface area contributed by atoms with Crippen LogP contribution in [-0.2, 0) is 56.4 Å². The first kappa shape index (κ1) is 48.5. The molecule has 7 atom stereocenters. The minimum atomic E-state index is -5.59. The van der Waals surface area contributed by atoms with Crippen LogP contribution in [0.3, 0.4) is 0 Å². The van der Waals surface area contributed by atoms with Crippen molar-refractivity contribution in [2.24, 2.45) is 5.41 Å². The fourth-order valence-corrected chi connectivity index (χ4v) is 8.72. The van der Waals surface area contributed by atoms with Gasteiger partial charge in [0.1, 0.15) is 36.3 Å². The van der Waals surface area contributed by atoms with Gasteiger partial charge >= 0.3 is 23.5 Å². The number of nitrogen functional groups attached to an aromatic ring is 1. The van der Waals surface area contributed by atoms with E-state index in [1.54, 1.807) is 0 Å². The van der Waals surface area contributed by atoms with Gasteiger partial charge in [-0.05, 0) is 19.8 Å². The summed E-state index contributed by atoms with van der Waals surface area (Å²) in [5.41, 5.74) is 2.30. The molecule has 2 amide bonds. The summed E-state index contributed by atoms with van der Waals surface area (Å²) in [7, 11) is -16.5. The largest absolute Gasteiger partial charge is 0.481 e. The predicted molar refractivity (Wildman–Crippen MR) is 199 cm³/mol. The summed E-state index contributed by atoms with van der Waals surface area (Å²) in [6.07, 6.45) is 2.07. The molecule has 24 nitrogen and oxygen atoms in total. The Morgan fingerprint density at radius 3 is 2.44 bits per heavy atom. The Morgan fingerprint density at radius 2 is 1.77 bits per heavy atom. The number of aromatic nitrogens is 4. The Hall–Kier alpha value is -2.88. The average Bonchev–Trinajstić information content (AvgIpc) is 3.66. The molecule has 0 radical (unpaired) electrons. The van der Waals surface area contributed by atoms with Gasteiger partial charge in [-0.25, -0.2) is 28.6 Å². The number of terminal acetylenes is 1. The minimum absolute atomic E-state index is 0.0173. The second-order valence-electron chi connectivity index (χ2n) is 13.3. The lowest BCUT2D eigenvalue weighted by Crippen LogP contribution is -2.46. The molecular formula is C29H46N7O17P3S. The highest BCUT2D eigenvalue weighted by Gasteiger charge is 2.57. The summed E-state index contributed by atoms with van der Waals surface area (Å²) < 4.78 is 62.6. The van der Waals surface area contributed by atoms with Crippen LogP contribution in [0, 0.1) is 17.8 Å². The molecule has 7 unspecified atom stereocenters. The molecule has 0 bridgehead atoms. The number of carbonyl (C=O) groups excluding carboxylic acids is 3. The number of thioether (sulfide) groups is 1. The highest BCUT2D eigenvalue weighted by molar-refractivity contribution is 8.13. The zero-order valence-corrected chi connectivity index (χ0v) is 34.4. The van der Waals surface area contributed by atoms with Crippen molar-refractivity contribution in [2.75, 3.05) is 37.8 Å². The lowest BCUT2D eigenvalue weighted by atomic mass is 9.87. The lowest BCUT2D eigenvalue weighted by molar-refractivity contribution is -0.137. The monoisotopic (exact) mass is 889 g/mol. The molecule has 0 spiro atoms. The van der Waals surface area contributed by atoms with Crippen molar-refractivity contribution in [1.29, 1.82) is 0 Å². The lowest BCUT2D eigenvalue weighted by Gasteiger charge is -2.30. The van der Waals surface area contributed by atoms with E-state index in [-0.39, 0.29) is 41.6 Å². The van der Waals surface area contributed by atoms with Crippen molar-refractivity contribution < 1.29 is 80.5 Å². The van der Waals surface area contributed by atoms with E-state index in [4.69, 9.17) is 30.5 Å². The highest BCUT2D eigenvalue weighted by atomic mass is 32.2. The van der Waals surface area contributed by atoms with Gasteiger partial charge in [0, 0.05) is 43.5 Å². The molecule has 3 heterocycles. The summed E-state index contributed by atoms with van der Waals surface area (Å²) in [5, 5.41) is 26.6. The molecule has 1 saturated heterocycles. The Balaban J connectivity index is 1.50. The predicted octanol–water partition coefficient (Wildman–Crippen LogP) is 0.0324. The molecule has 2 aromatic rings. The SMILES string of the molecule is C#CCCCCC(=O)SCCNC(=O)CCNC(=O)C(O)C(C)(C)COP(=O)(O)OP(=O)(O)OCC1OC(C)(n2cnc3c(N)ncnc32)C(O)C1OP(=O)(O)O. The quantitative estimate of drug-likeness (QED) is 0.0404. The summed E-state index contributed by atoms with van der Waals surface area (Å²) >= 11 is 1.08. The van der Waals surface area contributed by atoms with Crippen molar-refractivity contribution in [3.05, 3.63) is 12.7 Å². The number of nitrogens with zero attached hydrogens (tertiary/aromatic N) is 4. The Labute approximate surface area is 330 Å². The number of ether oxygens (including phenoxy) is 1. The number of imidazole rings is 1. The molecule has 0 aliphatic carbocycles. The Morgan fingerprint density at radius 1 is 1.09 bits per heavy atom. The number of unbranched alkanes of at least 4 members (excludes halogenated alkanes) is 2. The number of anilines is 1. The third-order valence-electron chi connectivity index (χ3n) is 8.20. The smallest absolute Gasteiger partial charge is 0.385 e. The number of rotatable bonds is 23. The van der Waals surface area contributed by atoms with Crippen LogP contribution < -0.4 is 16.4 Å². The summed E-state index contributed by atoms with van der Waals surface area (Å²) in [5.74, 6) is 1.38. The van der Waals surface area contributed by atoms with Crippen molar-refractivity contribution in [2.45, 2.75) is 83.0 Å². The third kappa shape index (κ3) is 14.4. The molecule has 1 aliphatic heterocycles. The molecule has 0 saturated carbocycles. The van der Waals surface area contributed by atoms with Crippen LogP contribution in [0.2, 0.25) is 0 Å². The molecule has 0 aromatic carbocycles. The summed E-state index contributed by atoms with van der Waals surface area (Å²) in [6, 6.07) is 0. The Bertz CT molecular complexity index is 1930. The topological polar surface area (TPSA) is 364 Å². The van der Waals surface area contributed by atoms with Crippen LogP contribution in [0.1, 0.15) is 52.9 Å². The number of nitrogens with two attached hydrogens (primary N) is 1. The fourth-order valence-electron chi connectivity index (χ4n) is 5.18. The normalized spacial score (nSPS) is 22.6. The van der Waals surface area contributed by atoms with Crippen molar-refractivity contribution >= 4 is 69.1 Å². The van der Waals surface area contributed by atoms with Gasteiger partial charge < -0.3 is 50.9 Å². The van der Waals surface area contributed by atoms with Gasteiger partial charge in [0.25, 0.3) is 0 Å². The third-order valence-corrected chi connectivity index (χ3v) is 12.2. The number of aliphatic hydroxyl groups is 2. The molecule has 3 rings (SSSR count). The van der Waals surface area contributed by atoms with E-state index >= 15 is 0 Å². The van der Waals surface area contributed by atoms with Gasteiger partial charge in [0.05, 0.1) is 19.5 Å². The molecule has 28 heteroatoms. The van der Waals surface area contributed by atoms with Gasteiger partial charge in [-0.2, -0.15) is 4.31 Å². The standard InChI is InChI=1S/C29H46N7O17P3S/c1-5-6-7-8-9-20(38)57-13-12-31-19(37)10-11-32-27(41)24(40)28(2,3)15-50-56(47,48)53-55(45,46)49-14-18-22(52-54(42,43)44)23(39)29(4,51-18)36-17-35-21-25(30)33-16-34-26(21)36/h1,16-18,22-24,39-40H,6-15H2,2-4H3,(H,31,37)(H,32,41)(H,45,46)(H,47,48)(H2,30,33,34)(H2,42,43,44). The number of phosphoric ester groups is 3. The molecule has 1 aliphatic rings. The van der Waals surface area contributed by atoms with Crippen LogP contribution >= 0.6 is 35.2 Å². The van der Waals surface area contributed by atoms with Crippen LogP contribution in [0.4, 0.5) is 5.82 Å². The van der Waals surface area contributed by atoms with E-state index in [1.165, 1.54) is 20.8 Å². The number of hydrogen-bond donors (Lipinski definition) is 9. The number of hydrogen-bond acceptors (Lipinski definition) is 18. The molecule has 320 valence electrons. The first-order chi connectivity index (χ1) is 26.4.